The molecule has 2 aliphatic heterocycles. The van der Waals surface area contributed by atoms with E-state index in [9.17, 15) is 9.90 Å². The molecule has 6 N–H and O–H groups in total. The Labute approximate surface area is 186 Å². The predicted molar refractivity (Wildman–Crippen MR) is 117 cm³/mol. The molecule has 1 aromatic carbocycles. The van der Waals surface area contributed by atoms with Crippen LogP contribution in [0, 0.1) is 5.92 Å². The third-order valence-electron chi connectivity index (χ3n) is 6.79. The fourth-order valence-corrected chi connectivity index (χ4v) is 5.44. The van der Waals surface area contributed by atoms with Crippen molar-refractivity contribution in [1.29, 1.82) is 0 Å². The molecule has 0 spiro atoms. The number of benzene rings is 1. The molecule has 1 aromatic rings. The average Bonchev–Trinajstić information content (AvgIpc) is 2.88. The zero-order chi connectivity index (χ0) is 22.1. The smallest absolute Gasteiger partial charge is 0.371 e. The summed E-state index contributed by atoms with van der Waals surface area (Å²) >= 11 is 12.2. The molecule has 2 bridgehead atoms. The average molecular weight is 460 g/mol. The molecule has 0 aromatic heterocycles. The van der Waals surface area contributed by atoms with Crippen LogP contribution in [0.1, 0.15) is 50.5 Å². The van der Waals surface area contributed by atoms with Crippen LogP contribution in [0.3, 0.4) is 0 Å². The van der Waals surface area contributed by atoms with E-state index in [0.717, 1.165) is 24.9 Å². The SMILES string of the molecule is N[C@@](CCCC[B-](O)(O)O)(C(=O)O)C1C[C@H]2CC[C@@H](C1)N2Cc1ccc(Cl)c(Cl)c1. The summed E-state index contributed by atoms with van der Waals surface area (Å²) in [5.74, 6) is -1.16. The fraction of sp³-hybridized carbons (Fsp3) is 0.650. The Morgan fingerprint density at radius 1 is 1.13 bits per heavy atom. The number of hydrogen-bond donors (Lipinski definition) is 5. The Morgan fingerprint density at radius 2 is 1.77 bits per heavy atom. The molecule has 3 rings (SSSR count). The van der Waals surface area contributed by atoms with E-state index in [1.807, 2.05) is 12.1 Å². The van der Waals surface area contributed by atoms with Crippen molar-refractivity contribution in [3.05, 3.63) is 33.8 Å². The summed E-state index contributed by atoms with van der Waals surface area (Å²) < 4.78 is 0. The van der Waals surface area contributed by atoms with Gasteiger partial charge in [0, 0.05) is 18.6 Å². The van der Waals surface area contributed by atoms with E-state index in [1.165, 1.54) is 0 Å². The Balaban J connectivity index is 1.64. The van der Waals surface area contributed by atoms with Crippen LogP contribution in [0.2, 0.25) is 16.4 Å². The van der Waals surface area contributed by atoms with Crippen LogP contribution in [0.5, 0.6) is 0 Å². The van der Waals surface area contributed by atoms with Crippen LogP contribution in [-0.2, 0) is 11.3 Å². The van der Waals surface area contributed by atoms with Crippen LogP contribution in [-0.4, -0.2) is 55.4 Å². The van der Waals surface area contributed by atoms with Gasteiger partial charge in [0.1, 0.15) is 5.54 Å². The first-order valence-electron chi connectivity index (χ1n) is 10.5. The highest BCUT2D eigenvalue weighted by Gasteiger charge is 2.50. The monoisotopic (exact) mass is 459 g/mol. The summed E-state index contributed by atoms with van der Waals surface area (Å²) in [6.07, 6.45) is 4.24. The Morgan fingerprint density at radius 3 is 2.30 bits per heavy atom. The largest absolute Gasteiger partial charge is 0.560 e. The molecule has 0 radical (unpaired) electrons. The molecular formula is C20H30BCl2N2O5-. The summed E-state index contributed by atoms with van der Waals surface area (Å²) in [4.78, 5) is 14.5. The molecule has 4 atom stereocenters. The van der Waals surface area contributed by atoms with Gasteiger partial charge in [-0.05, 0) is 55.7 Å². The molecule has 2 fully saturated rings. The molecule has 10 heteroatoms. The van der Waals surface area contributed by atoms with Gasteiger partial charge in [0.25, 0.3) is 0 Å². The van der Waals surface area contributed by atoms with Gasteiger partial charge in [0.2, 0.25) is 0 Å². The van der Waals surface area contributed by atoms with Gasteiger partial charge in [-0.15, -0.1) is 0 Å². The number of piperidine rings is 1. The number of nitrogens with zero attached hydrogens (tertiary/aromatic N) is 1. The van der Waals surface area contributed by atoms with Crippen molar-refractivity contribution in [3.8, 4) is 0 Å². The predicted octanol–water partition coefficient (Wildman–Crippen LogP) is 2.60. The summed E-state index contributed by atoms with van der Waals surface area (Å²) in [7, 11) is 0. The lowest BCUT2D eigenvalue weighted by Gasteiger charge is -2.44. The third kappa shape index (κ3) is 5.48. The number of hydrogen-bond acceptors (Lipinski definition) is 6. The van der Waals surface area contributed by atoms with Gasteiger partial charge < -0.3 is 25.9 Å². The van der Waals surface area contributed by atoms with E-state index < -0.39 is 18.3 Å². The molecule has 7 nitrogen and oxygen atoms in total. The highest BCUT2D eigenvalue weighted by atomic mass is 35.5. The lowest BCUT2D eigenvalue weighted by molar-refractivity contribution is -0.147. The molecule has 2 saturated heterocycles. The second kappa shape index (κ2) is 9.32. The highest BCUT2D eigenvalue weighted by Crippen LogP contribution is 2.44. The van der Waals surface area contributed by atoms with Gasteiger partial charge in [-0.25, -0.2) is 0 Å². The van der Waals surface area contributed by atoms with Crippen molar-refractivity contribution in [2.75, 3.05) is 0 Å². The Bertz CT molecular complexity index is 764. The third-order valence-corrected chi connectivity index (χ3v) is 7.53. The number of halogens is 2. The van der Waals surface area contributed by atoms with Crippen LogP contribution in [0.25, 0.3) is 0 Å². The molecule has 0 aliphatic carbocycles. The number of carboxylic acid groups (broad SMARTS) is 1. The van der Waals surface area contributed by atoms with E-state index in [0.29, 0.717) is 35.7 Å². The van der Waals surface area contributed by atoms with E-state index in [4.69, 9.17) is 44.0 Å². The Kier molecular flexibility index (Phi) is 7.39. The maximum atomic E-state index is 12.1. The highest BCUT2D eigenvalue weighted by molar-refractivity contribution is 6.56. The molecule has 168 valence electrons. The first kappa shape index (κ1) is 23.8. The number of carbonyl (C=O) groups is 1. The van der Waals surface area contributed by atoms with Gasteiger partial charge >= 0.3 is 12.7 Å². The minimum Gasteiger partial charge on any atom is -0.560 e. The summed E-state index contributed by atoms with van der Waals surface area (Å²) in [6, 6.07) is 6.19. The summed E-state index contributed by atoms with van der Waals surface area (Å²) in [5.41, 5.74) is 6.15. The van der Waals surface area contributed by atoms with E-state index >= 15 is 0 Å². The van der Waals surface area contributed by atoms with Gasteiger partial charge in [-0.1, -0.05) is 48.4 Å². The van der Waals surface area contributed by atoms with Crippen molar-refractivity contribution in [1.82, 2.24) is 4.90 Å². The number of rotatable bonds is 9. The number of fused-ring (bicyclic) bond motifs is 2. The van der Waals surface area contributed by atoms with Crippen molar-refractivity contribution in [2.24, 2.45) is 11.7 Å². The van der Waals surface area contributed by atoms with Gasteiger partial charge in [-0.3, -0.25) is 9.69 Å². The number of aliphatic carboxylic acids is 1. The quantitative estimate of drug-likeness (QED) is 0.283. The normalized spacial score (nSPS) is 26.5. The van der Waals surface area contributed by atoms with Crippen LogP contribution in [0.4, 0.5) is 0 Å². The first-order chi connectivity index (χ1) is 14.0. The second-order valence-electron chi connectivity index (χ2n) is 8.96. The molecular weight excluding hydrogens is 430 g/mol. The Hall–Kier alpha value is -0.865. The molecule has 2 heterocycles. The van der Waals surface area contributed by atoms with Crippen molar-refractivity contribution in [3.63, 3.8) is 0 Å². The molecule has 0 amide bonds. The van der Waals surface area contributed by atoms with Crippen LogP contribution >= 0.6 is 23.2 Å². The standard InChI is InChI=1S/C20H30BCl2N2O5/c22-17-6-3-13(9-18(17)23)12-25-15-4-5-16(25)11-14(10-15)20(24,19(26)27)7-1-2-8-21(28,29)30/h3,6,9,14-16,28-30H,1-2,4-5,7-8,10-12,24H2,(H,26,27)/q-1/t14?,15-,16+,20-/m1/s1. The molecule has 1 unspecified atom stereocenters. The maximum absolute atomic E-state index is 12.1. The van der Waals surface area contributed by atoms with Crippen LogP contribution in [0.15, 0.2) is 18.2 Å². The molecule has 30 heavy (non-hydrogen) atoms. The topological polar surface area (TPSA) is 127 Å². The van der Waals surface area contributed by atoms with Gasteiger partial charge in [-0.2, -0.15) is 0 Å². The minimum absolute atomic E-state index is 0.148. The van der Waals surface area contributed by atoms with Crippen molar-refractivity contribution < 1.29 is 25.0 Å². The van der Waals surface area contributed by atoms with E-state index in [-0.39, 0.29) is 30.7 Å². The van der Waals surface area contributed by atoms with Crippen LogP contribution < -0.4 is 5.73 Å². The maximum Gasteiger partial charge on any atom is 0.371 e. The van der Waals surface area contributed by atoms with Crippen molar-refractivity contribution >= 4 is 35.9 Å². The minimum atomic E-state index is -3.34. The summed E-state index contributed by atoms with van der Waals surface area (Å²) in [6.45, 7) is -2.60. The van der Waals surface area contributed by atoms with Gasteiger partial charge in [0.15, 0.2) is 0 Å². The number of nitrogens with two attached hydrogens (primary N) is 1. The van der Waals surface area contributed by atoms with Crippen molar-refractivity contribution in [2.45, 2.75) is 75.4 Å². The van der Waals surface area contributed by atoms with E-state index in [2.05, 4.69) is 4.90 Å². The lowest BCUT2D eigenvalue weighted by atomic mass is 9.70. The lowest BCUT2D eigenvalue weighted by Crippen LogP contribution is -2.58. The molecule has 0 saturated carbocycles. The number of carboxylic acids is 1. The fourth-order valence-electron chi connectivity index (χ4n) is 5.12. The first-order valence-corrected chi connectivity index (χ1v) is 11.3. The summed E-state index contributed by atoms with van der Waals surface area (Å²) in [5, 5.41) is 38.2. The zero-order valence-corrected chi connectivity index (χ0v) is 18.4. The van der Waals surface area contributed by atoms with E-state index in [1.54, 1.807) is 6.07 Å². The molecule has 2 aliphatic rings. The zero-order valence-electron chi connectivity index (χ0n) is 16.9. The second-order valence-corrected chi connectivity index (χ2v) is 9.77. The number of unbranched alkanes of at least 4 members (excludes halogenated alkanes) is 1. The van der Waals surface area contributed by atoms with Gasteiger partial charge in [0.05, 0.1) is 10.0 Å².